The summed E-state index contributed by atoms with van der Waals surface area (Å²) in [5, 5.41) is 7.34. The van der Waals surface area contributed by atoms with E-state index in [2.05, 4.69) is 10.5 Å². The van der Waals surface area contributed by atoms with Crippen molar-refractivity contribution in [3.63, 3.8) is 0 Å². The first-order valence-electron chi connectivity index (χ1n) is 5.91. The Morgan fingerprint density at radius 1 is 1.56 bits per heavy atom. The summed E-state index contributed by atoms with van der Waals surface area (Å²) in [5.41, 5.74) is 1.03. The fraction of sp³-hybridized carbons (Fsp3) is 0.818. The van der Waals surface area contributed by atoms with Crippen LogP contribution in [0.4, 0.5) is 0 Å². The van der Waals surface area contributed by atoms with E-state index in [-0.39, 0.29) is 5.97 Å². The molecule has 0 saturated carbocycles. The quantitative estimate of drug-likeness (QED) is 0.719. The summed E-state index contributed by atoms with van der Waals surface area (Å²) < 4.78 is 4.91. The van der Waals surface area contributed by atoms with Crippen molar-refractivity contribution in [2.24, 2.45) is 11.1 Å². The van der Waals surface area contributed by atoms with E-state index < -0.39 is 6.10 Å². The average molecular weight is 226 g/mol. The van der Waals surface area contributed by atoms with Crippen LogP contribution in [0, 0.1) is 5.92 Å². The van der Waals surface area contributed by atoms with E-state index in [4.69, 9.17) is 9.57 Å². The van der Waals surface area contributed by atoms with Gasteiger partial charge in [0.1, 0.15) is 0 Å². The molecule has 0 bridgehead atoms. The molecule has 2 rings (SSSR count). The Morgan fingerprint density at radius 3 is 3.00 bits per heavy atom. The smallest absolute Gasteiger partial charge is 0.350 e. The predicted molar refractivity (Wildman–Crippen MR) is 59.2 cm³/mol. The van der Waals surface area contributed by atoms with Gasteiger partial charge in [0.05, 0.1) is 12.3 Å². The van der Waals surface area contributed by atoms with Crippen molar-refractivity contribution in [1.82, 2.24) is 5.32 Å². The highest BCUT2D eigenvalue weighted by molar-refractivity contribution is 5.92. The predicted octanol–water partition coefficient (Wildman–Crippen LogP) is 0.694. The number of oxime groups is 1. The van der Waals surface area contributed by atoms with Gasteiger partial charge in [-0.2, -0.15) is 0 Å². The molecule has 16 heavy (non-hydrogen) atoms. The third kappa shape index (κ3) is 2.52. The zero-order valence-corrected chi connectivity index (χ0v) is 9.57. The third-order valence-corrected chi connectivity index (χ3v) is 3.05. The lowest BCUT2D eigenvalue weighted by Crippen LogP contribution is -2.32. The van der Waals surface area contributed by atoms with Gasteiger partial charge in [0.15, 0.2) is 0 Å². The highest BCUT2D eigenvalue weighted by atomic mass is 16.7. The van der Waals surface area contributed by atoms with E-state index in [9.17, 15) is 4.79 Å². The molecule has 0 aromatic heterocycles. The molecule has 0 aromatic rings. The highest BCUT2D eigenvalue weighted by Gasteiger charge is 2.33. The molecule has 0 aliphatic carbocycles. The van der Waals surface area contributed by atoms with Gasteiger partial charge < -0.3 is 14.9 Å². The molecule has 1 atom stereocenters. The van der Waals surface area contributed by atoms with Gasteiger partial charge in [0.25, 0.3) is 0 Å². The first-order chi connectivity index (χ1) is 7.81. The maximum atomic E-state index is 11.4. The second-order valence-electron chi connectivity index (χ2n) is 4.16. The lowest BCUT2D eigenvalue weighted by molar-refractivity contribution is -0.154. The van der Waals surface area contributed by atoms with Crippen LogP contribution in [0.5, 0.6) is 0 Å². The van der Waals surface area contributed by atoms with Crippen LogP contribution in [0.2, 0.25) is 0 Å². The standard InChI is InChI=1S/C11H18N2O3/c1-2-15-11(14)10-7-9(13-16-10)8-3-5-12-6-4-8/h8,10,12H,2-7H2,1H3. The van der Waals surface area contributed by atoms with E-state index in [1.54, 1.807) is 6.92 Å². The fourth-order valence-electron chi connectivity index (χ4n) is 2.15. The topological polar surface area (TPSA) is 59.9 Å². The molecular formula is C11H18N2O3. The SMILES string of the molecule is CCOC(=O)C1CC(C2CCNCC2)=NO1. The Labute approximate surface area is 95.2 Å². The summed E-state index contributed by atoms with van der Waals surface area (Å²) in [6, 6.07) is 0. The Kier molecular flexibility index (Phi) is 3.77. The molecular weight excluding hydrogens is 208 g/mol. The second kappa shape index (κ2) is 5.30. The number of nitrogens with one attached hydrogen (secondary N) is 1. The van der Waals surface area contributed by atoms with Gasteiger partial charge in [-0.15, -0.1) is 0 Å². The van der Waals surface area contributed by atoms with E-state index in [1.165, 1.54) is 0 Å². The van der Waals surface area contributed by atoms with Gasteiger partial charge in [-0.25, -0.2) is 4.79 Å². The molecule has 90 valence electrons. The van der Waals surface area contributed by atoms with Crippen molar-refractivity contribution in [1.29, 1.82) is 0 Å². The van der Waals surface area contributed by atoms with Crippen molar-refractivity contribution in [3.05, 3.63) is 0 Å². The lowest BCUT2D eigenvalue weighted by atomic mass is 9.90. The van der Waals surface area contributed by atoms with Crippen molar-refractivity contribution in [3.8, 4) is 0 Å². The summed E-state index contributed by atoms with van der Waals surface area (Å²) in [6.45, 7) is 4.23. The van der Waals surface area contributed by atoms with Crippen molar-refractivity contribution < 1.29 is 14.4 Å². The molecule has 0 radical (unpaired) electrons. The van der Waals surface area contributed by atoms with Crippen LogP contribution in [0.1, 0.15) is 26.2 Å². The molecule has 1 saturated heterocycles. The second-order valence-corrected chi connectivity index (χ2v) is 4.16. The number of ether oxygens (including phenoxy) is 1. The van der Waals surface area contributed by atoms with Gasteiger partial charge in [0, 0.05) is 12.3 Å². The lowest BCUT2D eigenvalue weighted by Gasteiger charge is -2.21. The number of esters is 1. The highest BCUT2D eigenvalue weighted by Crippen LogP contribution is 2.23. The van der Waals surface area contributed by atoms with Crippen molar-refractivity contribution >= 4 is 11.7 Å². The molecule has 2 aliphatic rings. The summed E-state index contributed by atoms with van der Waals surface area (Å²) >= 11 is 0. The van der Waals surface area contributed by atoms with Crippen molar-refractivity contribution in [2.75, 3.05) is 19.7 Å². The number of hydrogen-bond acceptors (Lipinski definition) is 5. The molecule has 5 heteroatoms. The molecule has 1 unspecified atom stereocenters. The number of piperidine rings is 1. The van der Waals surface area contributed by atoms with Crippen LogP contribution >= 0.6 is 0 Å². The number of carbonyl (C=O) groups is 1. The largest absolute Gasteiger partial charge is 0.463 e. The molecule has 2 aliphatic heterocycles. The summed E-state index contributed by atoms with van der Waals surface area (Å²) in [6.07, 6.45) is 2.25. The minimum absolute atomic E-state index is 0.296. The van der Waals surface area contributed by atoms with E-state index in [1.807, 2.05) is 0 Å². The zero-order valence-electron chi connectivity index (χ0n) is 9.57. The molecule has 1 N–H and O–H groups in total. The van der Waals surface area contributed by atoms with Gasteiger partial charge in [0.2, 0.25) is 6.10 Å². The van der Waals surface area contributed by atoms with Crippen LogP contribution < -0.4 is 5.32 Å². The molecule has 0 amide bonds. The Balaban J connectivity index is 1.84. The van der Waals surface area contributed by atoms with Gasteiger partial charge in [-0.05, 0) is 32.9 Å². The molecule has 1 fully saturated rings. The minimum Gasteiger partial charge on any atom is -0.463 e. The maximum Gasteiger partial charge on any atom is 0.350 e. The van der Waals surface area contributed by atoms with Crippen LogP contribution in [0.15, 0.2) is 5.16 Å². The minimum atomic E-state index is -0.509. The van der Waals surface area contributed by atoms with Crippen LogP contribution in [0.3, 0.4) is 0 Å². The Bertz CT molecular complexity index is 285. The number of carbonyl (C=O) groups excluding carboxylic acids is 1. The third-order valence-electron chi connectivity index (χ3n) is 3.05. The molecule has 0 aromatic carbocycles. The van der Waals surface area contributed by atoms with Crippen molar-refractivity contribution in [2.45, 2.75) is 32.3 Å². The first-order valence-corrected chi connectivity index (χ1v) is 5.91. The molecule has 2 heterocycles. The maximum absolute atomic E-state index is 11.4. The van der Waals surface area contributed by atoms with Gasteiger partial charge in [-0.1, -0.05) is 5.16 Å². The van der Waals surface area contributed by atoms with Crippen LogP contribution in [0.25, 0.3) is 0 Å². The number of hydrogen-bond donors (Lipinski definition) is 1. The van der Waals surface area contributed by atoms with Gasteiger partial charge >= 0.3 is 5.97 Å². The van der Waals surface area contributed by atoms with E-state index >= 15 is 0 Å². The van der Waals surface area contributed by atoms with E-state index in [0.29, 0.717) is 18.9 Å². The first kappa shape index (κ1) is 11.4. The number of nitrogens with zero attached hydrogens (tertiary/aromatic N) is 1. The molecule has 5 nitrogen and oxygen atoms in total. The van der Waals surface area contributed by atoms with E-state index in [0.717, 1.165) is 31.6 Å². The van der Waals surface area contributed by atoms with Gasteiger partial charge in [-0.3, -0.25) is 0 Å². The Morgan fingerprint density at radius 2 is 2.31 bits per heavy atom. The fourth-order valence-corrected chi connectivity index (χ4v) is 2.15. The summed E-state index contributed by atoms with van der Waals surface area (Å²) in [5.74, 6) is 0.177. The molecule has 0 spiro atoms. The Hall–Kier alpha value is -1.10. The van der Waals surface area contributed by atoms with Crippen LogP contribution in [-0.4, -0.2) is 37.5 Å². The van der Waals surface area contributed by atoms with Crippen LogP contribution in [-0.2, 0) is 14.4 Å². The normalized spacial score (nSPS) is 26.1. The average Bonchev–Trinajstić information content (AvgIpc) is 2.80. The zero-order chi connectivity index (χ0) is 11.4. The monoisotopic (exact) mass is 226 g/mol. The summed E-state index contributed by atoms with van der Waals surface area (Å²) in [7, 11) is 0. The summed E-state index contributed by atoms with van der Waals surface area (Å²) in [4.78, 5) is 16.6. The number of rotatable bonds is 3.